The number of nitrogens with one attached hydrogen (secondary N) is 3. The standard InChI is InChI=1S/C12H17Cl2N3O/c1-3-16-7-11(17-12(18)15-2)8-4-5-9(13)10(14)6-8/h4-6,11,16H,3,7H2,1-2H3,(H2,15,17,18)/t11-/m0/s1. The third-order valence-electron chi connectivity index (χ3n) is 2.48. The first-order valence-electron chi connectivity index (χ1n) is 5.72. The minimum Gasteiger partial charge on any atom is -0.341 e. The van der Waals surface area contributed by atoms with Crippen molar-refractivity contribution in [2.75, 3.05) is 20.1 Å². The first-order chi connectivity index (χ1) is 8.58. The number of amides is 2. The maximum absolute atomic E-state index is 11.4. The minimum atomic E-state index is -0.232. The van der Waals surface area contributed by atoms with Gasteiger partial charge in [-0.15, -0.1) is 0 Å². The fraction of sp³-hybridized carbons (Fsp3) is 0.417. The van der Waals surface area contributed by atoms with Gasteiger partial charge in [0.2, 0.25) is 0 Å². The largest absolute Gasteiger partial charge is 0.341 e. The highest BCUT2D eigenvalue weighted by Crippen LogP contribution is 2.25. The predicted molar refractivity (Wildman–Crippen MR) is 75.3 cm³/mol. The van der Waals surface area contributed by atoms with Gasteiger partial charge in [0.25, 0.3) is 0 Å². The Bertz CT molecular complexity index is 412. The molecule has 0 spiro atoms. The first-order valence-corrected chi connectivity index (χ1v) is 6.48. The smallest absolute Gasteiger partial charge is 0.315 e. The summed E-state index contributed by atoms with van der Waals surface area (Å²) in [6.45, 7) is 3.46. The first kappa shape index (κ1) is 15.1. The summed E-state index contributed by atoms with van der Waals surface area (Å²) in [7, 11) is 1.58. The zero-order valence-corrected chi connectivity index (χ0v) is 11.9. The fourth-order valence-corrected chi connectivity index (χ4v) is 1.81. The summed E-state index contributed by atoms with van der Waals surface area (Å²) in [4.78, 5) is 11.4. The number of carbonyl (C=O) groups is 1. The minimum absolute atomic E-state index is 0.153. The van der Waals surface area contributed by atoms with Crippen LogP contribution in [0, 0.1) is 0 Å². The lowest BCUT2D eigenvalue weighted by Crippen LogP contribution is -2.40. The van der Waals surface area contributed by atoms with Crippen molar-refractivity contribution in [3.8, 4) is 0 Å². The molecule has 1 atom stereocenters. The van der Waals surface area contributed by atoms with Crippen molar-refractivity contribution >= 4 is 29.2 Å². The van der Waals surface area contributed by atoms with Gasteiger partial charge in [-0.1, -0.05) is 36.2 Å². The number of carbonyl (C=O) groups excluding carboxylic acids is 1. The Kier molecular flexibility index (Phi) is 6.25. The molecule has 0 heterocycles. The second-order valence-electron chi connectivity index (χ2n) is 3.76. The molecule has 0 unspecified atom stereocenters. The van der Waals surface area contributed by atoms with E-state index in [0.29, 0.717) is 16.6 Å². The average Bonchev–Trinajstić information content (AvgIpc) is 2.37. The molecule has 2 amide bonds. The zero-order chi connectivity index (χ0) is 13.5. The van der Waals surface area contributed by atoms with Crippen molar-refractivity contribution in [2.24, 2.45) is 0 Å². The normalized spacial score (nSPS) is 12.0. The number of halogens is 2. The molecular formula is C12H17Cl2N3O. The number of urea groups is 1. The van der Waals surface area contributed by atoms with Crippen LogP contribution in [0.25, 0.3) is 0 Å². The van der Waals surface area contributed by atoms with Crippen molar-refractivity contribution in [1.82, 2.24) is 16.0 Å². The molecular weight excluding hydrogens is 273 g/mol. The highest BCUT2D eigenvalue weighted by atomic mass is 35.5. The number of benzene rings is 1. The Morgan fingerprint density at radius 1 is 1.33 bits per heavy atom. The third kappa shape index (κ3) is 4.37. The molecule has 0 saturated heterocycles. The summed E-state index contributed by atoms with van der Waals surface area (Å²) in [5.41, 5.74) is 0.911. The van der Waals surface area contributed by atoms with Crippen LogP contribution in [-0.4, -0.2) is 26.2 Å². The second kappa shape index (κ2) is 7.46. The summed E-state index contributed by atoms with van der Waals surface area (Å²) in [6.07, 6.45) is 0. The Morgan fingerprint density at radius 2 is 2.06 bits per heavy atom. The Hall–Kier alpha value is -0.970. The monoisotopic (exact) mass is 289 g/mol. The molecule has 1 aromatic carbocycles. The lowest BCUT2D eigenvalue weighted by atomic mass is 10.1. The predicted octanol–water partition coefficient (Wildman–Crippen LogP) is 2.57. The van der Waals surface area contributed by atoms with Gasteiger partial charge in [-0.05, 0) is 24.2 Å². The molecule has 4 nitrogen and oxygen atoms in total. The summed E-state index contributed by atoms with van der Waals surface area (Å²) in [5.74, 6) is 0. The van der Waals surface area contributed by atoms with E-state index >= 15 is 0 Å². The Balaban J connectivity index is 2.86. The lowest BCUT2D eigenvalue weighted by molar-refractivity contribution is 0.238. The highest BCUT2D eigenvalue weighted by molar-refractivity contribution is 6.42. The van der Waals surface area contributed by atoms with Crippen molar-refractivity contribution in [1.29, 1.82) is 0 Å². The van der Waals surface area contributed by atoms with Gasteiger partial charge in [0, 0.05) is 13.6 Å². The van der Waals surface area contributed by atoms with Crippen LogP contribution in [0.5, 0.6) is 0 Å². The van der Waals surface area contributed by atoms with Crippen molar-refractivity contribution in [3.63, 3.8) is 0 Å². The van der Waals surface area contributed by atoms with E-state index in [1.807, 2.05) is 13.0 Å². The second-order valence-corrected chi connectivity index (χ2v) is 4.57. The molecule has 0 aromatic heterocycles. The van der Waals surface area contributed by atoms with Gasteiger partial charge >= 0.3 is 6.03 Å². The summed E-state index contributed by atoms with van der Waals surface area (Å²) in [5, 5.41) is 9.56. The van der Waals surface area contributed by atoms with Crippen LogP contribution in [0.3, 0.4) is 0 Å². The van der Waals surface area contributed by atoms with Crippen molar-refractivity contribution < 1.29 is 4.79 Å². The van der Waals surface area contributed by atoms with Gasteiger partial charge in [-0.2, -0.15) is 0 Å². The topological polar surface area (TPSA) is 53.2 Å². The zero-order valence-electron chi connectivity index (χ0n) is 10.4. The van der Waals surface area contributed by atoms with Crippen LogP contribution in [0.2, 0.25) is 10.0 Å². The van der Waals surface area contributed by atoms with E-state index in [2.05, 4.69) is 16.0 Å². The molecule has 3 N–H and O–H groups in total. The molecule has 0 bridgehead atoms. The van der Waals surface area contributed by atoms with Gasteiger partial charge in [0.1, 0.15) is 0 Å². The molecule has 100 valence electrons. The Morgan fingerprint density at radius 3 is 2.61 bits per heavy atom. The molecule has 0 aliphatic heterocycles. The van der Waals surface area contributed by atoms with Crippen LogP contribution in [0.15, 0.2) is 18.2 Å². The van der Waals surface area contributed by atoms with Crippen molar-refractivity contribution in [2.45, 2.75) is 13.0 Å². The van der Waals surface area contributed by atoms with Gasteiger partial charge in [0.15, 0.2) is 0 Å². The van der Waals surface area contributed by atoms with E-state index in [1.165, 1.54) is 0 Å². The third-order valence-corrected chi connectivity index (χ3v) is 3.22. The molecule has 6 heteroatoms. The van der Waals surface area contributed by atoms with E-state index in [4.69, 9.17) is 23.2 Å². The van der Waals surface area contributed by atoms with E-state index in [0.717, 1.165) is 12.1 Å². The molecule has 0 saturated carbocycles. The number of hydrogen-bond donors (Lipinski definition) is 3. The van der Waals surface area contributed by atoms with Gasteiger partial charge in [-0.3, -0.25) is 0 Å². The SMILES string of the molecule is CCNC[C@H](NC(=O)NC)c1ccc(Cl)c(Cl)c1. The fourth-order valence-electron chi connectivity index (χ4n) is 1.50. The van der Waals surface area contributed by atoms with E-state index in [9.17, 15) is 4.79 Å². The van der Waals surface area contributed by atoms with Gasteiger partial charge in [-0.25, -0.2) is 4.79 Å². The van der Waals surface area contributed by atoms with Gasteiger partial charge < -0.3 is 16.0 Å². The van der Waals surface area contributed by atoms with Crippen LogP contribution < -0.4 is 16.0 Å². The number of rotatable bonds is 5. The van der Waals surface area contributed by atoms with Crippen LogP contribution in [0.1, 0.15) is 18.5 Å². The number of hydrogen-bond acceptors (Lipinski definition) is 2. The maximum atomic E-state index is 11.4. The van der Waals surface area contributed by atoms with E-state index in [1.54, 1.807) is 19.2 Å². The quantitative estimate of drug-likeness (QED) is 0.780. The summed E-state index contributed by atoms with van der Waals surface area (Å²) >= 11 is 11.9. The van der Waals surface area contributed by atoms with Crippen molar-refractivity contribution in [3.05, 3.63) is 33.8 Å². The molecule has 1 rings (SSSR count). The van der Waals surface area contributed by atoms with Gasteiger partial charge in [0.05, 0.1) is 16.1 Å². The summed E-state index contributed by atoms with van der Waals surface area (Å²) < 4.78 is 0. The molecule has 18 heavy (non-hydrogen) atoms. The van der Waals surface area contributed by atoms with Crippen LogP contribution >= 0.6 is 23.2 Å². The molecule has 0 radical (unpaired) electrons. The molecule has 0 aliphatic rings. The Labute approximate surface area is 117 Å². The lowest BCUT2D eigenvalue weighted by Gasteiger charge is -2.19. The molecule has 0 fully saturated rings. The van der Waals surface area contributed by atoms with E-state index in [-0.39, 0.29) is 12.1 Å². The maximum Gasteiger partial charge on any atom is 0.315 e. The molecule has 0 aliphatic carbocycles. The van der Waals surface area contributed by atoms with Crippen LogP contribution in [0.4, 0.5) is 4.79 Å². The average molecular weight is 290 g/mol. The highest BCUT2D eigenvalue weighted by Gasteiger charge is 2.14. The number of likely N-dealkylation sites (N-methyl/N-ethyl adjacent to an activating group) is 1. The summed E-state index contributed by atoms with van der Waals surface area (Å²) in [6, 6.07) is 4.96. The van der Waals surface area contributed by atoms with Crippen LogP contribution in [-0.2, 0) is 0 Å². The van der Waals surface area contributed by atoms with E-state index < -0.39 is 0 Å². The molecule has 1 aromatic rings.